The number of piperidine rings is 1. The average Bonchev–Trinajstić information content (AvgIpc) is 3.41. The van der Waals surface area contributed by atoms with Crippen molar-refractivity contribution < 1.29 is 4.74 Å². The zero-order valence-electron chi connectivity index (χ0n) is 17.9. The molecule has 32 heavy (non-hydrogen) atoms. The lowest BCUT2D eigenvalue weighted by molar-refractivity contribution is 0.0974. The number of nitrogens with zero attached hydrogens (tertiary/aromatic N) is 5. The number of nitrogens with two attached hydrogens (primary N) is 1. The third kappa shape index (κ3) is 3.32. The van der Waals surface area contributed by atoms with Crippen LogP contribution in [0.5, 0.6) is 0 Å². The molecule has 9 heteroatoms. The maximum atomic E-state index is 6.45. The highest BCUT2D eigenvalue weighted by Crippen LogP contribution is 2.41. The first-order valence-corrected chi connectivity index (χ1v) is 11.8. The number of fused-ring (bicyclic) bond motifs is 2. The lowest BCUT2D eigenvalue weighted by atomic mass is 9.73. The molecule has 2 fully saturated rings. The van der Waals surface area contributed by atoms with Gasteiger partial charge in [0.15, 0.2) is 5.65 Å². The van der Waals surface area contributed by atoms with Crippen molar-refractivity contribution in [2.75, 3.05) is 24.6 Å². The van der Waals surface area contributed by atoms with Crippen molar-refractivity contribution in [3.05, 3.63) is 42.9 Å². The van der Waals surface area contributed by atoms with Crippen LogP contribution in [-0.4, -0.2) is 56.8 Å². The van der Waals surface area contributed by atoms with Crippen molar-refractivity contribution in [3.63, 3.8) is 0 Å². The van der Waals surface area contributed by atoms with Gasteiger partial charge in [0, 0.05) is 47.2 Å². The first-order chi connectivity index (χ1) is 15.6. The van der Waals surface area contributed by atoms with Crippen LogP contribution >= 0.6 is 11.8 Å². The van der Waals surface area contributed by atoms with Gasteiger partial charge in [0.1, 0.15) is 22.0 Å². The summed E-state index contributed by atoms with van der Waals surface area (Å²) >= 11 is 1.61. The zero-order chi connectivity index (χ0) is 21.7. The summed E-state index contributed by atoms with van der Waals surface area (Å²) in [5.74, 6) is 0.901. The van der Waals surface area contributed by atoms with E-state index >= 15 is 0 Å². The first-order valence-electron chi connectivity index (χ1n) is 11.0. The lowest BCUT2D eigenvalue weighted by Crippen LogP contribution is -2.50. The zero-order valence-corrected chi connectivity index (χ0v) is 18.7. The third-order valence-electron chi connectivity index (χ3n) is 6.93. The van der Waals surface area contributed by atoms with E-state index in [9.17, 15) is 0 Å². The number of ether oxygens (including phenoxy) is 1. The summed E-state index contributed by atoms with van der Waals surface area (Å²) in [7, 11) is 0. The molecule has 0 amide bonds. The van der Waals surface area contributed by atoms with Gasteiger partial charge in [0.2, 0.25) is 0 Å². The van der Waals surface area contributed by atoms with Gasteiger partial charge in [0.05, 0.1) is 18.9 Å². The minimum Gasteiger partial charge on any atom is -0.376 e. The number of nitrogens with one attached hydrogen (secondary N) is 1. The maximum Gasteiger partial charge on any atom is 0.179 e. The second-order valence-electron chi connectivity index (χ2n) is 8.76. The Labute approximate surface area is 190 Å². The molecule has 8 nitrogen and oxygen atoms in total. The van der Waals surface area contributed by atoms with Crippen molar-refractivity contribution >= 4 is 39.8 Å². The Hall–Kier alpha value is -2.75. The molecule has 6 heterocycles. The number of H-pyrrole nitrogens is 1. The number of anilines is 1. The molecule has 2 aliphatic heterocycles. The fourth-order valence-electron chi connectivity index (χ4n) is 4.88. The van der Waals surface area contributed by atoms with E-state index in [1.165, 1.54) is 0 Å². The SMILES string of the molecule is C[C@@H]1OCC2(CCN(c3cnc4nc(Sc5ccnc6[nH]ccc56)ccc4n3)CC2)[C@@H]1N. The van der Waals surface area contributed by atoms with E-state index < -0.39 is 0 Å². The van der Waals surface area contributed by atoms with Gasteiger partial charge in [-0.1, -0.05) is 11.8 Å². The van der Waals surface area contributed by atoms with Crippen LogP contribution < -0.4 is 10.6 Å². The second-order valence-corrected chi connectivity index (χ2v) is 9.83. The Balaban J connectivity index is 1.20. The van der Waals surface area contributed by atoms with E-state index in [0.29, 0.717) is 5.65 Å². The number of aromatic nitrogens is 5. The molecule has 0 saturated carbocycles. The Kier molecular flexibility index (Phi) is 4.78. The first kappa shape index (κ1) is 19.9. The Morgan fingerprint density at radius 1 is 1.16 bits per heavy atom. The van der Waals surface area contributed by atoms with E-state index in [1.54, 1.807) is 11.8 Å². The summed E-state index contributed by atoms with van der Waals surface area (Å²) in [5.41, 5.74) is 8.90. The van der Waals surface area contributed by atoms with Crippen molar-refractivity contribution in [2.24, 2.45) is 11.1 Å². The molecule has 0 aromatic carbocycles. The largest absolute Gasteiger partial charge is 0.376 e. The predicted octanol–water partition coefficient (Wildman–Crippen LogP) is 3.38. The van der Waals surface area contributed by atoms with Gasteiger partial charge in [-0.25, -0.2) is 19.9 Å². The molecule has 0 unspecified atom stereocenters. The van der Waals surface area contributed by atoms with E-state index in [0.717, 1.165) is 64.8 Å². The minimum absolute atomic E-state index is 0.103. The maximum absolute atomic E-state index is 6.45. The molecule has 0 radical (unpaired) electrons. The standard InChI is InChI=1S/C23H25N7OS/c1-14-20(24)23(13-31-14)6-10-30(11-7-23)18-12-27-22-16(28-18)2-3-19(29-22)32-17-5-9-26-21-15(17)4-8-25-21/h2-5,8-9,12,14,20H,6-7,10-11,13,24H2,1H3,(H,25,26)/t14-,20+/m0/s1. The van der Waals surface area contributed by atoms with Crippen molar-refractivity contribution in [2.45, 2.75) is 41.8 Å². The van der Waals surface area contributed by atoms with Crippen LogP contribution in [0.25, 0.3) is 22.2 Å². The number of aromatic amines is 1. The highest BCUT2D eigenvalue weighted by Gasteiger charge is 2.47. The Bertz CT molecular complexity index is 1280. The van der Waals surface area contributed by atoms with Crippen LogP contribution in [0.3, 0.4) is 0 Å². The van der Waals surface area contributed by atoms with Gasteiger partial charge in [-0.05, 0) is 44.0 Å². The van der Waals surface area contributed by atoms with Crippen LogP contribution in [0.15, 0.2) is 52.8 Å². The molecule has 0 bridgehead atoms. The van der Waals surface area contributed by atoms with Gasteiger partial charge < -0.3 is 20.4 Å². The second kappa shape index (κ2) is 7.68. The Morgan fingerprint density at radius 2 is 2.03 bits per heavy atom. The quantitative estimate of drug-likeness (QED) is 0.492. The van der Waals surface area contributed by atoms with E-state index in [1.807, 2.05) is 42.9 Å². The normalized spacial score (nSPS) is 22.9. The van der Waals surface area contributed by atoms with Crippen LogP contribution in [0, 0.1) is 5.41 Å². The third-order valence-corrected chi connectivity index (χ3v) is 7.94. The number of hydrogen-bond acceptors (Lipinski definition) is 8. The smallest absolute Gasteiger partial charge is 0.179 e. The monoisotopic (exact) mass is 447 g/mol. The van der Waals surface area contributed by atoms with Gasteiger partial charge in [0.25, 0.3) is 0 Å². The molecule has 2 atom stereocenters. The molecule has 3 N–H and O–H groups in total. The van der Waals surface area contributed by atoms with Crippen molar-refractivity contribution in [3.8, 4) is 0 Å². The highest BCUT2D eigenvalue weighted by atomic mass is 32.2. The van der Waals surface area contributed by atoms with E-state index in [4.69, 9.17) is 20.4 Å². The summed E-state index contributed by atoms with van der Waals surface area (Å²) in [5, 5.41) is 1.97. The Morgan fingerprint density at radius 3 is 2.84 bits per heavy atom. The van der Waals surface area contributed by atoms with Crippen molar-refractivity contribution in [1.82, 2.24) is 24.9 Å². The molecule has 164 valence electrons. The lowest BCUT2D eigenvalue weighted by Gasteiger charge is -2.41. The van der Waals surface area contributed by atoms with Gasteiger partial charge in [-0.2, -0.15) is 0 Å². The minimum atomic E-state index is 0.103. The predicted molar refractivity (Wildman–Crippen MR) is 125 cm³/mol. The van der Waals surface area contributed by atoms with E-state index in [2.05, 4.69) is 26.8 Å². The fraction of sp³-hybridized carbons (Fsp3) is 0.391. The van der Waals surface area contributed by atoms with Crippen LogP contribution in [0.1, 0.15) is 19.8 Å². The van der Waals surface area contributed by atoms with E-state index in [-0.39, 0.29) is 17.6 Å². The molecule has 1 spiro atoms. The molecular weight excluding hydrogens is 422 g/mol. The highest BCUT2D eigenvalue weighted by molar-refractivity contribution is 7.99. The summed E-state index contributed by atoms with van der Waals surface area (Å²) in [6.45, 7) is 4.68. The van der Waals surface area contributed by atoms with Gasteiger partial charge in [-0.15, -0.1) is 0 Å². The van der Waals surface area contributed by atoms with Crippen LogP contribution in [0.2, 0.25) is 0 Å². The molecule has 2 aliphatic rings. The molecule has 4 aromatic rings. The van der Waals surface area contributed by atoms with Crippen molar-refractivity contribution in [1.29, 1.82) is 0 Å². The molecular formula is C23H25N7OS. The topological polar surface area (TPSA) is 106 Å². The summed E-state index contributed by atoms with van der Waals surface area (Å²) in [4.78, 5) is 25.1. The summed E-state index contributed by atoms with van der Waals surface area (Å²) < 4.78 is 5.84. The summed E-state index contributed by atoms with van der Waals surface area (Å²) in [6, 6.07) is 8.16. The number of rotatable bonds is 3. The van der Waals surface area contributed by atoms with Gasteiger partial charge in [-0.3, -0.25) is 0 Å². The van der Waals surface area contributed by atoms with Crippen LogP contribution in [-0.2, 0) is 4.74 Å². The molecule has 6 rings (SSSR count). The number of pyridine rings is 2. The summed E-state index contributed by atoms with van der Waals surface area (Å²) in [6.07, 6.45) is 7.73. The molecule has 0 aliphatic carbocycles. The van der Waals surface area contributed by atoms with Gasteiger partial charge >= 0.3 is 0 Å². The number of hydrogen-bond donors (Lipinski definition) is 2. The fourth-order valence-corrected chi connectivity index (χ4v) is 5.77. The molecule has 4 aromatic heterocycles. The molecule has 2 saturated heterocycles. The average molecular weight is 448 g/mol. The van der Waals surface area contributed by atoms with Crippen LogP contribution in [0.4, 0.5) is 5.82 Å².